The molecule has 284 valence electrons. The predicted molar refractivity (Wildman–Crippen MR) is 215 cm³/mol. The van der Waals surface area contributed by atoms with E-state index in [1.165, 1.54) is 77.6 Å². The zero-order valence-electron chi connectivity index (χ0n) is 31.8. The quantitative estimate of drug-likeness (QED) is 0.0932. The summed E-state index contributed by atoms with van der Waals surface area (Å²) in [5, 5.41) is 38.7. The van der Waals surface area contributed by atoms with E-state index in [1.54, 1.807) is 20.3 Å². The molecule has 3 N–H and O–H groups in total. The molecular weight excluding hydrogens is 693 g/mol. The van der Waals surface area contributed by atoms with Gasteiger partial charge in [0.25, 0.3) is 0 Å². The third kappa shape index (κ3) is 6.14. The first-order chi connectivity index (χ1) is 26.8. The number of rotatable bonds is 5. The van der Waals surface area contributed by atoms with Crippen molar-refractivity contribution in [3.8, 4) is 23.0 Å². The Balaban J connectivity index is 0.000000145. The van der Waals surface area contributed by atoms with Crippen molar-refractivity contribution in [3.63, 3.8) is 0 Å². The van der Waals surface area contributed by atoms with Gasteiger partial charge in [-0.05, 0) is 165 Å². The summed E-state index contributed by atoms with van der Waals surface area (Å²) in [6.07, 6.45) is 7.15. The molecule has 9 heteroatoms. The van der Waals surface area contributed by atoms with Gasteiger partial charge in [0, 0.05) is 43.2 Å². The number of carbonyl (C=O) groups is 1. The average Bonchev–Trinajstić information content (AvgIpc) is 3.87. The molecule has 10 rings (SSSR count). The number of methoxy groups -OCH3 is 2. The van der Waals surface area contributed by atoms with Crippen LogP contribution in [0.4, 0.5) is 0 Å². The number of phenolic OH excluding ortho intramolecular Hbond substituents is 1. The maximum atomic E-state index is 11.5. The summed E-state index contributed by atoms with van der Waals surface area (Å²) in [5.41, 5.74) is 7.07. The van der Waals surface area contributed by atoms with Gasteiger partial charge in [0.15, 0.2) is 0 Å². The molecule has 4 heterocycles. The minimum Gasteiger partial charge on any atom is -0.508 e. The van der Waals surface area contributed by atoms with Crippen LogP contribution in [-0.4, -0.2) is 70.5 Å². The van der Waals surface area contributed by atoms with Crippen LogP contribution in [0.25, 0.3) is 43.1 Å². The van der Waals surface area contributed by atoms with E-state index in [0.29, 0.717) is 23.6 Å². The Hall–Kier alpha value is -4.93. The largest absolute Gasteiger partial charge is 0.508 e. The SMILES string of the molecule is COc1cc2c3c(c4ccc(O)cc4c2cc1CO)C[C@@H]1CCCN1C3.COc1cc2c3c(c4ccc(OC(C)=O)cc4c2cc1CO)C[C@@H]1CCCN1C3. The number of nitrogens with zero attached hydrogens (tertiary/aromatic N) is 2. The lowest BCUT2D eigenvalue weighted by molar-refractivity contribution is -0.131. The summed E-state index contributed by atoms with van der Waals surface area (Å²) in [5.74, 6) is 1.93. The van der Waals surface area contributed by atoms with Crippen molar-refractivity contribution in [1.82, 2.24) is 9.80 Å². The Kier molecular flexibility index (Phi) is 9.29. The van der Waals surface area contributed by atoms with E-state index in [-0.39, 0.29) is 24.9 Å². The van der Waals surface area contributed by atoms with E-state index in [9.17, 15) is 20.1 Å². The van der Waals surface area contributed by atoms with Crippen LogP contribution in [-0.2, 0) is 43.9 Å². The summed E-state index contributed by atoms with van der Waals surface area (Å²) in [7, 11) is 3.29. The first-order valence-electron chi connectivity index (χ1n) is 19.5. The van der Waals surface area contributed by atoms with E-state index in [4.69, 9.17) is 14.2 Å². The van der Waals surface area contributed by atoms with Crippen molar-refractivity contribution < 1.29 is 34.3 Å². The smallest absolute Gasteiger partial charge is 0.308 e. The standard InChI is InChI=1S/C24H25NO4.C22H23NO3/c1-14(27)29-17-5-6-18-20-9-16-4-3-7-25(16)12-23(20)22-11-24(28-2)15(13-26)8-19(22)21(18)10-17;1-26-22-10-20-17(7-13(22)12-24)19-9-15(25)4-5-16(19)18-8-14-3-2-6-23(14)11-21(18)20/h5-6,8,10-11,16,26H,3-4,7,9,12-13H2,1-2H3;4-5,7,9-10,14,24-25H,2-3,6,8,11-12H2,1H3/t16-;14-/m00/s1. The van der Waals surface area contributed by atoms with Crippen LogP contribution in [0.5, 0.6) is 23.0 Å². The van der Waals surface area contributed by atoms with Crippen molar-refractivity contribution in [1.29, 1.82) is 0 Å². The highest BCUT2D eigenvalue weighted by Crippen LogP contribution is 2.44. The van der Waals surface area contributed by atoms with E-state index in [2.05, 4.69) is 34.1 Å². The monoisotopic (exact) mass is 740 g/mol. The van der Waals surface area contributed by atoms with E-state index in [1.807, 2.05) is 30.3 Å². The highest BCUT2D eigenvalue weighted by molar-refractivity contribution is 6.13. The van der Waals surface area contributed by atoms with Gasteiger partial charge in [-0.2, -0.15) is 0 Å². The molecule has 2 atom stereocenters. The van der Waals surface area contributed by atoms with Gasteiger partial charge in [-0.3, -0.25) is 14.6 Å². The fraction of sp³-hybridized carbons (Fsp3) is 0.370. The number of hydrogen-bond donors (Lipinski definition) is 3. The zero-order valence-corrected chi connectivity index (χ0v) is 31.8. The first kappa shape index (κ1) is 35.8. The Bertz CT molecular complexity index is 2510. The number of benzene rings is 6. The Morgan fingerprint density at radius 3 is 1.62 bits per heavy atom. The molecule has 0 saturated carbocycles. The van der Waals surface area contributed by atoms with Crippen LogP contribution in [0.3, 0.4) is 0 Å². The predicted octanol–water partition coefficient (Wildman–Crippen LogP) is 7.66. The number of aliphatic hydroxyl groups excluding tert-OH is 2. The molecule has 0 bridgehead atoms. The van der Waals surface area contributed by atoms with Gasteiger partial charge in [0.2, 0.25) is 0 Å². The molecule has 0 aliphatic carbocycles. The molecular formula is C46H48N2O7. The number of esters is 1. The van der Waals surface area contributed by atoms with Crippen LogP contribution < -0.4 is 14.2 Å². The van der Waals surface area contributed by atoms with Crippen LogP contribution >= 0.6 is 0 Å². The lowest BCUT2D eigenvalue weighted by Gasteiger charge is -2.33. The second kappa shape index (κ2) is 14.3. The van der Waals surface area contributed by atoms with Crippen molar-refractivity contribution in [3.05, 3.63) is 94.0 Å². The van der Waals surface area contributed by atoms with Crippen LogP contribution in [0.1, 0.15) is 66.0 Å². The molecule has 4 aliphatic heterocycles. The minimum atomic E-state index is -0.328. The van der Waals surface area contributed by atoms with Gasteiger partial charge >= 0.3 is 5.97 Å². The number of phenols is 1. The second-order valence-corrected chi connectivity index (χ2v) is 15.6. The first-order valence-corrected chi connectivity index (χ1v) is 19.5. The number of aliphatic hydroxyl groups is 2. The van der Waals surface area contributed by atoms with Crippen molar-refractivity contribution >= 4 is 49.1 Å². The fourth-order valence-electron chi connectivity index (χ4n) is 10.1. The van der Waals surface area contributed by atoms with Crippen molar-refractivity contribution in [2.45, 2.75) is 83.8 Å². The number of hydrogen-bond acceptors (Lipinski definition) is 9. The van der Waals surface area contributed by atoms with Gasteiger partial charge in [-0.25, -0.2) is 0 Å². The molecule has 0 aromatic heterocycles. The lowest BCUT2D eigenvalue weighted by Crippen LogP contribution is -2.35. The molecule has 2 fully saturated rings. The molecule has 0 radical (unpaired) electrons. The number of aromatic hydroxyl groups is 1. The molecule has 55 heavy (non-hydrogen) atoms. The summed E-state index contributed by atoms with van der Waals surface area (Å²) < 4.78 is 16.5. The Morgan fingerprint density at radius 1 is 0.636 bits per heavy atom. The summed E-state index contributed by atoms with van der Waals surface area (Å²) in [6, 6.07) is 21.0. The summed E-state index contributed by atoms with van der Waals surface area (Å²) >= 11 is 0. The molecule has 0 spiro atoms. The normalized spacial score (nSPS) is 19.1. The van der Waals surface area contributed by atoms with Gasteiger partial charge in [0.1, 0.15) is 23.0 Å². The van der Waals surface area contributed by atoms with Crippen LogP contribution in [0, 0.1) is 0 Å². The van der Waals surface area contributed by atoms with E-state index >= 15 is 0 Å². The molecule has 0 amide bonds. The van der Waals surface area contributed by atoms with Gasteiger partial charge in [0.05, 0.1) is 27.4 Å². The summed E-state index contributed by atoms with van der Waals surface area (Å²) in [6.45, 7) is 5.50. The van der Waals surface area contributed by atoms with Crippen LogP contribution in [0.2, 0.25) is 0 Å². The minimum absolute atomic E-state index is 0.0648. The molecule has 6 aromatic carbocycles. The van der Waals surface area contributed by atoms with Crippen molar-refractivity contribution in [2.75, 3.05) is 27.3 Å². The maximum Gasteiger partial charge on any atom is 0.308 e. The maximum absolute atomic E-state index is 11.5. The number of ether oxygens (including phenoxy) is 3. The number of carbonyl (C=O) groups excluding carboxylic acids is 1. The lowest BCUT2D eigenvalue weighted by atomic mass is 9.84. The summed E-state index contributed by atoms with van der Waals surface area (Å²) in [4.78, 5) is 16.7. The van der Waals surface area contributed by atoms with Gasteiger partial charge in [-0.1, -0.05) is 12.1 Å². The third-order valence-electron chi connectivity index (χ3n) is 12.6. The molecule has 2 saturated heterocycles. The average molecular weight is 741 g/mol. The number of fused-ring (bicyclic) bond motifs is 14. The van der Waals surface area contributed by atoms with Gasteiger partial charge in [-0.15, -0.1) is 0 Å². The topological polar surface area (TPSA) is 112 Å². The van der Waals surface area contributed by atoms with E-state index < -0.39 is 0 Å². The zero-order chi connectivity index (χ0) is 38.0. The fourth-order valence-corrected chi connectivity index (χ4v) is 10.1. The molecule has 0 unspecified atom stereocenters. The highest BCUT2D eigenvalue weighted by Gasteiger charge is 2.34. The third-order valence-corrected chi connectivity index (χ3v) is 12.6. The highest BCUT2D eigenvalue weighted by atomic mass is 16.5. The molecule has 4 aliphatic rings. The van der Waals surface area contributed by atoms with Gasteiger partial charge < -0.3 is 29.5 Å². The molecule has 9 nitrogen and oxygen atoms in total. The van der Waals surface area contributed by atoms with E-state index in [0.717, 1.165) is 76.3 Å². The van der Waals surface area contributed by atoms with Crippen LogP contribution in [0.15, 0.2) is 60.7 Å². The molecule has 6 aromatic rings. The van der Waals surface area contributed by atoms with Crippen molar-refractivity contribution in [2.24, 2.45) is 0 Å². The Labute approximate surface area is 320 Å². The second-order valence-electron chi connectivity index (χ2n) is 15.6. The Morgan fingerprint density at radius 2 is 1.13 bits per heavy atom.